The molecule has 0 aromatic heterocycles. The zero-order valence-corrected chi connectivity index (χ0v) is 11.5. The minimum Gasteiger partial charge on any atom is -0.481 e. The van der Waals surface area contributed by atoms with Crippen molar-refractivity contribution >= 4 is 5.78 Å². The summed E-state index contributed by atoms with van der Waals surface area (Å²) in [7, 11) is 0. The van der Waals surface area contributed by atoms with Crippen molar-refractivity contribution < 1.29 is 19.7 Å². The molecule has 6 atom stereocenters. The Morgan fingerprint density at radius 1 is 1.47 bits per heavy atom. The Bertz CT molecular complexity index is 492. The van der Waals surface area contributed by atoms with Crippen molar-refractivity contribution in [2.75, 3.05) is 0 Å². The van der Waals surface area contributed by atoms with Gasteiger partial charge in [-0.3, -0.25) is 4.79 Å². The monoisotopic (exact) mass is 264 g/mol. The van der Waals surface area contributed by atoms with E-state index in [-0.39, 0.29) is 35.6 Å². The molecule has 1 fully saturated rings. The molecule has 0 aromatic carbocycles. The van der Waals surface area contributed by atoms with Crippen molar-refractivity contribution in [2.24, 2.45) is 23.2 Å². The van der Waals surface area contributed by atoms with Gasteiger partial charge < -0.3 is 14.9 Å². The summed E-state index contributed by atoms with van der Waals surface area (Å²) in [6.45, 7) is 5.69. The first-order chi connectivity index (χ1) is 8.87. The SMILES string of the molecule is CC1=C(O)OC2CC(C)C3C=CC(=O)C3(C)C(O)C12. The van der Waals surface area contributed by atoms with Gasteiger partial charge in [0, 0.05) is 5.57 Å². The van der Waals surface area contributed by atoms with Crippen LogP contribution in [0.5, 0.6) is 0 Å². The predicted molar refractivity (Wildman–Crippen MR) is 69.2 cm³/mol. The highest BCUT2D eigenvalue weighted by Gasteiger charge is 2.58. The molecule has 1 saturated carbocycles. The molecule has 0 saturated heterocycles. The summed E-state index contributed by atoms with van der Waals surface area (Å²) in [5.41, 5.74) is -0.139. The maximum Gasteiger partial charge on any atom is 0.276 e. The van der Waals surface area contributed by atoms with E-state index in [0.29, 0.717) is 5.57 Å². The Morgan fingerprint density at radius 3 is 2.84 bits per heavy atom. The number of aliphatic hydroxyl groups is 2. The van der Waals surface area contributed by atoms with Crippen molar-refractivity contribution in [3.8, 4) is 0 Å². The van der Waals surface area contributed by atoms with Crippen molar-refractivity contribution in [1.82, 2.24) is 0 Å². The Morgan fingerprint density at radius 2 is 2.16 bits per heavy atom. The van der Waals surface area contributed by atoms with Gasteiger partial charge in [0.25, 0.3) is 5.95 Å². The van der Waals surface area contributed by atoms with Crippen molar-refractivity contribution in [1.29, 1.82) is 0 Å². The van der Waals surface area contributed by atoms with Crippen molar-refractivity contribution in [2.45, 2.75) is 39.4 Å². The molecule has 19 heavy (non-hydrogen) atoms. The van der Waals surface area contributed by atoms with E-state index >= 15 is 0 Å². The van der Waals surface area contributed by atoms with Crippen LogP contribution >= 0.6 is 0 Å². The van der Waals surface area contributed by atoms with Gasteiger partial charge in [0.15, 0.2) is 5.78 Å². The molecule has 2 aliphatic carbocycles. The second-order valence-corrected chi connectivity index (χ2v) is 6.36. The Hall–Kier alpha value is -1.29. The number of allylic oxidation sites excluding steroid dienone is 2. The predicted octanol–water partition coefficient (Wildman–Crippen LogP) is 1.95. The highest BCUT2D eigenvalue weighted by Crippen LogP contribution is 2.53. The molecule has 3 aliphatic rings. The molecule has 3 rings (SSSR count). The summed E-state index contributed by atoms with van der Waals surface area (Å²) in [5.74, 6) is -0.116. The first-order valence-corrected chi connectivity index (χ1v) is 6.84. The van der Waals surface area contributed by atoms with Crippen LogP contribution in [0.3, 0.4) is 0 Å². The minimum atomic E-state index is -0.820. The van der Waals surface area contributed by atoms with Gasteiger partial charge in [-0.1, -0.05) is 13.0 Å². The average molecular weight is 264 g/mol. The lowest BCUT2D eigenvalue weighted by molar-refractivity contribution is -0.133. The summed E-state index contributed by atoms with van der Waals surface area (Å²) in [6, 6.07) is 0. The van der Waals surface area contributed by atoms with Crippen molar-refractivity contribution in [3.63, 3.8) is 0 Å². The summed E-state index contributed by atoms with van der Waals surface area (Å²) in [5, 5.41) is 20.5. The summed E-state index contributed by atoms with van der Waals surface area (Å²) >= 11 is 0. The summed E-state index contributed by atoms with van der Waals surface area (Å²) in [6.07, 6.45) is 3.21. The lowest BCUT2D eigenvalue weighted by Crippen LogP contribution is -2.46. The largest absolute Gasteiger partial charge is 0.481 e. The minimum absolute atomic E-state index is 0.0170. The third kappa shape index (κ3) is 1.46. The van der Waals surface area contributed by atoms with Crippen LogP contribution < -0.4 is 0 Å². The van der Waals surface area contributed by atoms with Gasteiger partial charge in [-0.15, -0.1) is 0 Å². The number of aliphatic hydroxyl groups excluding tert-OH is 2. The highest BCUT2D eigenvalue weighted by molar-refractivity contribution is 5.98. The molecule has 104 valence electrons. The number of hydrogen-bond acceptors (Lipinski definition) is 4. The van der Waals surface area contributed by atoms with Crippen LogP contribution in [0.4, 0.5) is 0 Å². The molecule has 4 heteroatoms. The number of ketones is 1. The Kier molecular flexibility index (Phi) is 2.58. The molecule has 2 N–H and O–H groups in total. The lowest BCUT2D eigenvalue weighted by atomic mass is 9.67. The van der Waals surface area contributed by atoms with Crippen LogP contribution in [-0.2, 0) is 9.53 Å². The molecule has 0 spiro atoms. The first kappa shape index (κ1) is 12.7. The van der Waals surface area contributed by atoms with Gasteiger partial charge in [0.05, 0.1) is 17.4 Å². The number of fused-ring (bicyclic) bond motifs is 2. The van der Waals surface area contributed by atoms with Gasteiger partial charge in [-0.2, -0.15) is 0 Å². The molecule has 1 heterocycles. The fourth-order valence-electron chi connectivity index (χ4n) is 4.11. The fourth-order valence-corrected chi connectivity index (χ4v) is 4.11. The molecular weight excluding hydrogens is 244 g/mol. The average Bonchev–Trinajstić information content (AvgIpc) is 2.77. The van der Waals surface area contributed by atoms with Gasteiger partial charge in [-0.25, -0.2) is 0 Å². The Balaban J connectivity index is 2.08. The number of ether oxygens (including phenoxy) is 1. The van der Waals surface area contributed by atoms with E-state index in [2.05, 4.69) is 6.92 Å². The second-order valence-electron chi connectivity index (χ2n) is 6.36. The van der Waals surface area contributed by atoms with Crippen molar-refractivity contribution in [3.05, 3.63) is 23.7 Å². The van der Waals surface area contributed by atoms with Crippen LogP contribution in [-0.4, -0.2) is 28.2 Å². The van der Waals surface area contributed by atoms with E-state index in [1.165, 1.54) is 0 Å². The zero-order valence-electron chi connectivity index (χ0n) is 11.5. The first-order valence-electron chi connectivity index (χ1n) is 6.84. The molecule has 1 aliphatic heterocycles. The third-order valence-electron chi connectivity index (χ3n) is 5.35. The topological polar surface area (TPSA) is 66.8 Å². The van der Waals surface area contributed by atoms with E-state index < -0.39 is 11.5 Å². The van der Waals surface area contributed by atoms with Crippen LogP contribution in [0.1, 0.15) is 27.2 Å². The van der Waals surface area contributed by atoms with E-state index in [9.17, 15) is 15.0 Å². The molecule has 0 amide bonds. The third-order valence-corrected chi connectivity index (χ3v) is 5.35. The summed E-state index contributed by atoms with van der Waals surface area (Å²) < 4.78 is 5.48. The highest BCUT2D eigenvalue weighted by atomic mass is 16.6. The smallest absolute Gasteiger partial charge is 0.276 e. The van der Waals surface area contributed by atoms with Crippen LogP contribution in [0.15, 0.2) is 23.7 Å². The second kappa shape index (κ2) is 3.85. The summed E-state index contributed by atoms with van der Waals surface area (Å²) in [4.78, 5) is 12.2. The van der Waals surface area contributed by atoms with E-state index in [1.807, 2.05) is 13.0 Å². The molecule has 6 unspecified atom stereocenters. The molecule has 0 radical (unpaired) electrons. The van der Waals surface area contributed by atoms with E-state index in [1.54, 1.807) is 13.0 Å². The van der Waals surface area contributed by atoms with Gasteiger partial charge >= 0.3 is 0 Å². The maximum absolute atomic E-state index is 12.2. The van der Waals surface area contributed by atoms with Gasteiger partial charge in [0.2, 0.25) is 0 Å². The lowest BCUT2D eigenvalue weighted by Gasteiger charge is -2.37. The van der Waals surface area contributed by atoms with Crippen LogP contribution in [0, 0.1) is 23.2 Å². The van der Waals surface area contributed by atoms with Crippen LogP contribution in [0.25, 0.3) is 0 Å². The molecular formula is C15H20O4. The number of hydrogen-bond donors (Lipinski definition) is 2. The number of carbonyl (C=O) groups excluding carboxylic acids is 1. The van der Waals surface area contributed by atoms with E-state index in [0.717, 1.165) is 6.42 Å². The van der Waals surface area contributed by atoms with Gasteiger partial charge in [-0.05, 0) is 38.2 Å². The van der Waals surface area contributed by atoms with E-state index in [4.69, 9.17) is 4.74 Å². The molecule has 0 bridgehead atoms. The number of rotatable bonds is 0. The molecule has 0 aromatic rings. The number of carbonyl (C=O) groups is 1. The maximum atomic E-state index is 12.2. The molecule has 4 nitrogen and oxygen atoms in total. The van der Waals surface area contributed by atoms with Crippen LogP contribution in [0.2, 0.25) is 0 Å². The quantitative estimate of drug-likeness (QED) is 0.702. The zero-order chi connectivity index (χ0) is 13.9. The normalized spacial score (nSPS) is 48.8. The Labute approximate surface area is 112 Å². The fraction of sp³-hybridized carbons (Fsp3) is 0.667. The van der Waals surface area contributed by atoms with Gasteiger partial charge in [0.1, 0.15) is 6.10 Å². The standard InChI is InChI=1S/C15H20O4/c1-7-6-10-12(8(2)14(18)19-10)13(17)15(3)9(7)4-5-11(15)16/h4-5,7,9-10,12-13,17-18H,6H2,1-3H3.